The van der Waals surface area contributed by atoms with Crippen LogP contribution in [0.25, 0.3) is 10.2 Å². The highest BCUT2D eigenvalue weighted by Crippen LogP contribution is 2.21. The number of para-hydroxylation sites is 1. The van der Waals surface area contributed by atoms with Crippen LogP contribution >= 0.6 is 11.3 Å². The van der Waals surface area contributed by atoms with Crippen LogP contribution in [0.4, 0.5) is 4.79 Å². The molecule has 1 heterocycles. The monoisotopic (exact) mass is 279 g/mol. The zero-order valence-corrected chi connectivity index (χ0v) is 10.9. The van der Waals surface area contributed by atoms with Gasteiger partial charge in [-0.05, 0) is 12.1 Å². The van der Waals surface area contributed by atoms with E-state index in [4.69, 9.17) is 10.5 Å². The molecule has 100 valence electrons. The van der Waals surface area contributed by atoms with E-state index in [0.29, 0.717) is 0 Å². The molecule has 0 unspecified atom stereocenters. The van der Waals surface area contributed by atoms with Gasteiger partial charge < -0.3 is 15.8 Å². The first-order valence-electron chi connectivity index (χ1n) is 5.68. The van der Waals surface area contributed by atoms with Gasteiger partial charge in [-0.25, -0.2) is 9.78 Å². The van der Waals surface area contributed by atoms with Gasteiger partial charge in [0.15, 0.2) is 0 Å². The first-order valence-corrected chi connectivity index (χ1v) is 6.50. The number of nitrogens with two attached hydrogens (primary N) is 1. The lowest BCUT2D eigenvalue weighted by molar-refractivity contribution is -0.144. The minimum atomic E-state index is -0.654. The Balaban J connectivity index is 1.81. The fraction of sp³-hybridized carbons (Fsp3) is 0.250. The van der Waals surface area contributed by atoms with Gasteiger partial charge in [-0.3, -0.25) is 4.79 Å². The molecule has 0 saturated carbocycles. The molecule has 0 fully saturated rings. The van der Waals surface area contributed by atoms with Gasteiger partial charge in [-0.2, -0.15) is 0 Å². The molecular weight excluding hydrogens is 266 g/mol. The number of hydrogen-bond donors (Lipinski definition) is 2. The molecule has 0 saturated heterocycles. The van der Waals surface area contributed by atoms with Gasteiger partial charge in [0.2, 0.25) is 0 Å². The minimum Gasteiger partial charge on any atom is -0.458 e. The van der Waals surface area contributed by atoms with Crippen LogP contribution in [-0.2, 0) is 16.1 Å². The number of carbonyl (C=O) groups excluding carboxylic acids is 2. The third-order valence-corrected chi connectivity index (χ3v) is 3.33. The predicted molar refractivity (Wildman–Crippen MR) is 71.6 cm³/mol. The molecule has 1 aromatic heterocycles. The number of primary amides is 1. The zero-order valence-electron chi connectivity index (χ0n) is 10.1. The van der Waals surface area contributed by atoms with E-state index in [0.717, 1.165) is 15.2 Å². The number of benzene rings is 1. The summed E-state index contributed by atoms with van der Waals surface area (Å²) in [6, 6.07) is 7.07. The smallest absolute Gasteiger partial charge is 0.312 e. The topological polar surface area (TPSA) is 94.3 Å². The highest BCUT2D eigenvalue weighted by Gasteiger charge is 2.07. The molecule has 2 amide bonds. The molecule has 1 aromatic carbocycles. The Morgan fingerprint density at radius 2 is 2.16 bits per heavy atom. The Hall–Kier alpha value is -2.15. The van der Waals surface area contributed by atoms with Crippen molar-refractivity contribution < 1.29 is 14.3 Å². The predicted octanol–water partition coefficient (Wildman–Crippen LogP) is 1.40. The van der Waals surface area contributed by atoms with Gasteiger partial charge in [0, 0.05) is 6.54 Å². The van der Waals surface area contributed by atoms with Crippen LogP contribution in [0, 0.1) is 0 Å². The van der Waals surface area contributed by atoms with Crippen LogP contribution in [0.2, 0.25) is 0 Å². The molecule has 0 aliphatic rings. The van der Waals surface area contributed by atoms with Crippen LogP contribution < -0.4 is 11.1 Å². The number of hydrogen-bond acceptors (Lipinski definition) is 5. The van der Waals surface area contributed by atoms with Crippen LogP contribution in [0.3, 0.4) is 0 Å². The number of aromatic nitrogens is 1. The first-order chi connectivity index (χ1) is 9.15. The Morgan fingerprint density at radius 3 is 2.89 bits per heavy atom. The van der Waals surface area contributed by atoms with E-state index in [1.54, 1.807) is 0 Å². The van der Waals surface area contributed by atoms with Gasteiger partial charge >= 0.3 is 12.0 Å². The van der Waals surface area contributed by atoms with Crippen molar-refractivity contribution in [3.63, 3.8) is 0 Å². The maximum atomic E-state index is 11.4. The SMILES string of the molecule is NC(=O)NCCC(=O)OCc1nc2ccccc2s1. The van der Waals surface area contributed by atoms with Crippen molar-refractivity contribution in [1.29, 1.82) is 0 Å². The summed E-state index contributed by atoms with van der Waals surface area (Å²) < 4.78 is 6.12. The van der Waals surface area contributed by atoms with Crippen LogP contribution in [0.5, 0.6) is 0 Å². The highest BCUT2D eigenvalue weighted by atomic mass is 32.1. The Bertz CT molecular complexity index is 564. The zero-order chi connectivity index (χ0) is 13.7. The summed E-state index contributed by atoms with van der Waals surface area (Å²) in [7, 11) is 0. The number of fused-ring (bicyclic) bond motifs is 1. The highest BCUT2D eigenvalue weighted by molar-refractivity contribution is 7.18. The second kappa shape index (κ2) is 6.14. The standard InChI is InChI=1S/C12H13N3O3S/c13-12(17)14-6-5-11(16)18-7-10-15-8-3-1-2-4-9(8)19-10/h1-4H,5-7H2,(H3,13,14,17). The summed E-state index contributed by atoms with van der Waals surface area (Å²) >= 11 is 1.49. The van der Waals surface area contributed by atoms with E-state index in [1.807, 2.05) is 24.3 Å². The van der Waals surface area contributed by atoms with E-state index in [2.05, 4.69) is 10.3 Å². The maximum Gasteiger partial charge on any atom is 0.312 e. The number of ether oxygens (including phenoxy) is 1. The van der Waals surface area contributed by atoms with Crippen LogP contribution in [-0.4, -0.2) is 23.5 Å². The van der Waals surface area contributed by atoms with Crippen molar-refractivity contribution >= 4 is 33.6 Å². The normalized spacial score (nSPS) is 10.3. The Morgan fingerprint density at radius 1 is 1.37 bits per heavy atom. The van der Waals surface area contributed by atoms with Gasteiger partial charge in [-0.15, -0.1) is 11.3 Å². The molecule has 3 N–H and O–H groups in total. The molecule has 2 aromatic rings. The molecule has 0 aliphatic carbocycles. The Labute approximate surface area is 113 Å². The lowest BCUT2D eigenvalue weighted by atomic mass is 10.3. The fourth-order valence-electron chi connectivity index (χ4n) is 1.48. The van der Waals surface area contributed by atoms with E-state index in [9.17, 15) is 9.59 Å². The van der Waals surface area contributed by atoms with Crippen molar-refractivity contribution in [1.82, 2.24) is 10.3 Å². The van der Waals surface area contributed by atoms with E-state index in [1.165, 1.54) is 11.3 Å². The van der Waals surface area contributed by atoms with Gasteiger partial charge in [-0.1, -0.05) is 12.1 Å². The average Bonchev–Trinajstić information content (AvgIpc) is 2.78. The van der Waals surface area contributed by atoms with Gasteiger partial charge in [0.25, 0.3) is 0 Å². The molecule has 7 heteroatoms. The number of thiazole rings is 1. The van der Waals surface area contributed by atoms with E-state index in [-0.39, 0.29) is 19.6 Å². The number of nitrogens with one attached hydrogen (secondary N) is 1. The summed E-state index contributed by atoms with van der Waals surface area (Å²) in [5.74, 6) is -0.395. The molecular formula is C12H13N3O3S. The number of rotatable bonds is 5. The molecule has 19 heavy (non-hydrogen) atoms. The number of urea groups is 1. The second-order valence-electron chi connectivity index (χ2n) is 3.78. The summed E-state index contributed by atoms with van der Waals surface area (Å²) in [6.45, 7) is 0.322. The molecule has 2 rings (SSSR count). The third kappa shape index (κ3) is 3.92. The van der Waals surface area contributed by atoms with E-state index < -0.39 is 12.0 Å². The van der Waals surface area contributed by atoms with Crippen molar-refractivity contribution in [3.05, 3.63) is 29.3 Å². The van der Waals surface area contributed by atoms with Crippen molar-refractivity contribution in [2.75, 3.05) is 6.54 Å². The van der Waals surface area contributed by atoms with Crippen molar-refractivity contribution in [2.45, 2.75) is 13.0 Å². The summed E-state index contributed by atoms with van der Waals surface area (Å²) in [6.07, 6.45) is 0.0911. The van der Waals surface area contributed by atoms with Crippen LogP contribution in [0.15, 0.2) is 24.3 Å². The quantitative estimate of drug-likeness (QED) is 0.809. The molecule has 0 radical (unpaired) electrons. The average molecular weight is 279 g/mol. The second-order valence-corrected chi connectivity index (χ2v) is 4.89. The number of amides is 2. The largest absolute Gasteiger partial charge is 0.458 e. The summed E-state index contributed by atoms with van der Waals surface area (Å²) in [4.78, 5) is 26.1. The van der Waals surface area contributed by atoms with E-state index >= 15 is 0 Å². The maximum absolute atomic E-state index is 11.4. The molecule has 6 nitrogen and oxygen atoms in total. The lowest BCUT2D eigenvalue weighted by Gasteiger charge is -2.02. The Kier molecular flexibility index (Phi) is 4.30. The number of esters is 1. The van der Waals surface area contributed by atoms with Crippen molar-refractivity contribution in [3.8, 4) is 0 Å². The fourth-order valence-corrected chi connectivity index (χ4v) is 2.36. The molecule has 0 bridgehead atoms. The van der Waals surface area contributed by atoms with Gasteiger partial charge in [0.05, 0.1) is 16.6 Å². The molecule has 0 atom stereocenters. The molecule has 0 aliphatic heterocycles. The number of nitrogens with zero attached hydrogens (tertiary/aromatic N) is 1. The van der Waals surface area contributed by atoms with Gasteiger partial charge in [0.1, 0.15) is 11.6 Å². The summed E-state index contributed by atoms with van der Waals surface area (Å²) in [5.41, 5.74) is 5.77. The number of carbonyl (C=O) groups is 2. The van der Waals surface area contributed by atoms with Crippen LogP contribution in [0.1, 0.15) is 11.4 Å². The summed E-state index contributed by atoms with van der Waals surface area (Å²) in [5, 5.41) is 3.07. The lowest BCUT2D eigenvalue weighted by Crippen LogP contribution is -2.31. The first kappa shape index (κ1) is 13.3. The third-order valence-electron chi connectivity index (χ3n) is 2.32. The minimum absolute atomic E-state index is 0.0911. The van der Waals surface area contributed by atoms with Crippen molar-refractivity contribution in [2.24, 2.45) is 5.73 Å². The molecule has 0 spiro atoms.